The molecule has 1 aliphatic rings. The first-order valence-corrected chi connectivity index (χ1v) is 7.52. The number of nitrogens with one attached hydrogen (secondary N) is 1. The molecule has 1 amide bonds. The molecule has 104 valence electrons. The van der Waals surface area contributed by atoms with Gasteiger partial charge in [0, 0.05) is 13.1 Å². The van der Waals surface area contributed by atoms with E-state index in [9.17, 15) is 13.2 Å². The average molecular weight is 283 g/mol. The number of amides is 1. The van der Waals surface area contributed by atoms with Gasteiger partial charge in [0.05, 0.1) is 10.3 Å². The summed E-state index contributed by atoms with van der Waals surface area (Å²) >= 11 is 0. The summed E-state index contributed by atoms with van der Waals surface area (Å²) in [4.78, 5) is 11.9. The first kappa shape index (κ1) is 14.0. The molecule has 0 aliphatic heterocycles. The van der Waals surface area contributed by atoms with Crippen LogP contribution in [0.4, 0.5) is 0 Å². The van der Waals surface area contributed by atoms with E-state index in [1.54, 1.807) is 12.1 Å². The normalized spacial score (nSPS) is 16.9. The number of rotatable bonds is 5. The van der Waals surface area contributed by atoms with Crippen LogP contribution in [0.3, 0.4) is 0 Å². The van der Waals surface area contributed by atoms with Crippen molar-refractivity contribution in [3.63, 3.8) is 0 Å². The highest BCUT2D eigenvalue weighted by molar-refractivity contribution is 7.89. The van der Waals surface area contributed by atoms with Crippen LogP contribution >= 0.6 is 0 Å². The minimum Gasteiger partial charge on any atom is -0.352 e. The molecule has 1 fully saturated rings. The third-order valence-corrected chi connectivity index (χ3v) is 4.32. The van der Waals surface area contributed by atoms with E-state index in [1.807, 2.05) is 0 Å². The topological polar surface area (TPSA) is 115 Å². The largest absolute Gasteiger partial charge is 0.352 e. The number of nitrogens with two attached hydrogens (primary N) is 2. The zero-order chi connectivity index (χ0) is 14.1. The maximum Gasteiger partial charge on any atom is 0.238 e. The number of carbonyl (C=O) groups is 1. The zero-order valence-corrected chi connectivity index (χ0v) is 11.2. The molecule has 0 unspecified atom stereocenters. The second kappa shape index (κ2) is 4.92. The lowest BCUT2D eigenvalue weighted by molar-refractivity contribution is -0.126. The van der Waals surface area contributed by atoms with Crippen molar-refractivity contribution in [1.82, 2.24) is 5.32 Å². The van der Waals surface area contributed by atoms with Gasteiger partial charge >= 0.3 is 0 Å². The van der Waals surface area contributed by atoms with Crippen LogP contribution in [-0.4, -0.2) is 20.9 Å². The Balaban J connectivity index is 2.03. The van der Waals surface area contributed by atoms with Crippen molar-refractivity contribution in [2.45, 2.75) is 24.3 Å². The van der Waals surface area contributed by atoms with E-state index in [2.05, 4.69) is 5.32 Å². The molecule has 6 nitrogen and oxygen atoms in total. The first-order chi connectivity index (χ1) is 8.87. The highest BCUT2D eigenvalue weighted by Crippen LogP contribution is 2.44. The van der Waals surface area contributed by atoms with Crippen molar-refractivity contribution in [1.29, 1.82) is 0 Å². The Morgan fingerprint density at radius 1 is 1.37 bits per heavy atom. The van der Waals surface area contributed by atoms with Crippen molar-refractivity contribution in [3.8, 4) is 0 Å². The first-order valence-electron chi connectivity index (χ1n) is 5.97. The Bertz CT molecular complexity index is 594. The predicted molar refractivity (Wildman–Crippen MR) is 70.4 cm³/mol. The van der Waals surface area contributed by atoms with Gasteiger partial charge in [-0.15, -0.1) is 0 Å². The summed E-state index contributed by atoms with van der Waals surface area (Å²) < 4.78 is 22.4. The van der Waals surface area contributed by atoms with E-state index in [-0.39, 0.29) is 17.3 Å². The van der Waals surface area contributed by atoms with Crippen molar-refractivity contribution in [2.75, 3.05) is 6.54 Å². The molecule has 0 atom stereocenters. The standard InChI is InChI=1S/C12H17N3O3S/c13-8-12(4-5-12)11(16)15-7-9-2-1-3-10(6-9)19(14,17)18/h1-3,6H,4-5,7-8,13H2,(H,15,16)(H2,14,17,18). The molecule has 1 aromatic rings. The molecule has 0 heterocycles. The predicted octanol–water partition coefficient (Wildman–Crippen LogP) is -0.311. The highest BCUT2D eigenvalue weighted by atomic mass is 32.2. The number of sulfonamides is 1. The Hall–Kier alpha value is -1.44. The van der Waals surface area contributed by atoms with Gasteiger partial charge in [0.25, 0.3) is 0 Å². The van der Waals surface area contributed by atoms with Crippen molar-refractivity contribution in [3.05, 3.63) is 29.8 Å². The van der Waals surface area contributed by atoms with Crippen LogP contribution < -0.4 is 16.2 Å². The van der Waals surface area contributed by atoms with Crippen LogP contribution in [-0.2, 0) is 21.4 Å². The Morgan fingerprint density at radius 3 is 2.58 bits per heavy atom. The molecule has 0 bridgehead atoms. The summed E-state index contributed by atoms with van der Waals surface area (Å²) in [5.74, 6) is -0.0731. The van der Waals surface area contributed by atoms with Crippen LogP contribution in [0.15, 0.2) is 29.2 Å². The molecule has 7 heteroatoms. The Kier molecular flexibility index (Phi) is 3.62. The summed E-state index contributed by atoms with van der Waals surface area (Å²) in [5, 5.41) is 7.83. The van der Waals surface area contributed by atoms with E-state index in [0.29, 0.717) is 12.1 Å². The Labute approximate surface area is 112 Å². The van der Waals surface area contributed by atoms with Gasteiger partial charge in [0.2, 0.25) is 15.9 Å². The van der Waals surface area contributed by atoms with E-state index in [4.69, 9.17) is 10.9 Å². The van der Waals surface area contributed by atoms with Gasteiger partial charge in [0.15, 0.2) is 0 Å². The van der Waals surface area contributed by atoms with E-state index in [1.165, 1.54) is 12.1 Å². The Morgan fingerprint density at radius 2 is 2.05 bits per heavy atom. The van der Waals surface area contributed by atoms with Gasteiger partial charge in [-0.25, -0.2) is 13.6 Å². The summed E-state index contributed by atoms with van der Waals surface area (Å²) in [7, 11) is -3.72. The summed E-state index contributed by atoms with van der Waals surface area (Å²) in [6, 6.07) is 6.20. The number of hydrogen-bond donors (Lipinski definition) is 3. The van der Waals surface area contributed by atoms with Gasteiger partial charge in [-0.1, -0.05) is 12.1 Å². The maximum atomic E-state index is 11.9. The second-order valence-corrected chi connectivity index (χ2v) is 6.42. The van der Waals surface area contributed by atoms with Gasteiger partial charge in [-0.05, 0) is 30.5 Å². The third kappa shape index (κ3) is 3.12. The monoisotopic (exact) mass is 283 g/mol. The minimum atomic E-state index is -3.72. The van der Waals surface area contributed by atoms with Crippen LogP contribution in [0.5, 0.6) is 0 Å². The van der Waals surface area contributed by atoms with Gasteiger partial charge < -0.3 is 11.1 Å². The zero-order valence-electron chi connectivity index (χ0n) is 10.4. The van der Waals surface area contributed by atoms with E-state index in [0.717, 1.165) is 12.8 Å². The third-order valence-electron chi connectivity index (χ3n) is 3.41. The number of carbonyl (C=O) groups excluding carboxylic acids is 1. The summed E-state index contributed by atoms with van der Waals surface area (Å²) in [6.07, 6.45) is 1.62. The molecule has 0 radical (unpaired) electrons. The number of primary sulfonamides is 1. The molecule has 1 saturated carbocycles. The van der Waals surface area contributed by atoms with Crippen LogP contribution in [0.25, 0.3) is 0 Å². The van der Waals surface area contributed by atoms with Crippen molar-refractivity contribution in [2.24, 2.45) is 16.3 Å². The highest BCUT2D eigenvalue weighted by Gasteiger charge is 2.48. The molecular formula is C12H17N3O3S. The smallest absolute Gasteiger partial charge is 0.238 e. The molecule has 0 saturated heterocycles. The molecular weight excluding hydrogens is 266 g/mol. The van der Waals surface area contributed by atoms with Crippen molar-refractivity contribution < 1.29 is 13.2 Å². The summed E-state index contributed by atoms with van der Waals surface area (Å²) in [6.45, 7) is 0.611. The van der Waals surface area contributed by atoms with Gasteiger partial charge in [-0.2, -0.15) is 0 Å². The minimum absolute atomic E-state index is 0.0409. The molecule has 5 N–H and O–H groups in total. The SMILES string of the molecule is NCC1(C(=O)NCc2cccc(S(N)(=O)=O)c2)CC1. The average Bonchev–Trinajstić information content (AvgIpc) is 3.16. The summed E-state index contributed by atoms with van der Waals surface area (Å²) in [5.41, 5.74) is 5.85. The lowest BCUT2D eigenvalue weighted by Crippen LogP contribution is -2.36. The fourth-order valence-corrected chi connectivity index (χ4v) is 2.46. The van der Waals surface area contributed by atoms with E-state index < -0.39 is 15.4 Å². The quantitative estimate of drug-likeness (QED) is 0.687. The van der Waals surface area contributed by atoms with Crippen LogP contribution in [0.1, 0.15) is 18.4 Å². The second-order valence-electron chi connectivity index (χ2n) is 4.86. The molecule has 19 heavy (non-hydrogen) atoms. The van der Waals surface area contributed by atoms with Gasteiger partial charge in [0.1, 0.15) is 0 Å². The fraction of sp³-hybridized carbons (Fsp3) is 0.417. The van der Waals surface area contributed by atoms with E-state index >= 15 is 0 Å². The maximum absolute atomic E-state index is 11.9. The molecule has 0 aromatic heterocycles. The van der Waals surface area contributed by atoms with Crippen molar-refractivity contribution >= 4 is 15.9 Å². The van der Waals surface area contributed by atoms with Crippen LogP contribution in [0, 0.1) is 5.41 Å². The lowest BCUT2D eigenvalue weighted by atomic mass is 10.1. The fourth-order valence-electron chi connectivity index (χ4n) is 1.88. The number of benzene rings is 1. The van der Waals surface area contributed by atoms with Crippen LogP contribution in [0.2, 0.25) is 0 Å². The molecule has 2 rings (SSSR count). The molecule has 0 spiro atoms. The molecule has 1 aromatic carbocycles. The molecule has 1 aliphatic carbocycles. The number of hydrogen-bond acceptors (Lipinski definition) is 4. The van der Waals surface area contributed by atoms with Gasteiger partial charge in [-0.3, -0.25) is 4.79 Å². The lowest BCUT2D eigenvalue weighted by Gasteiger charge is -2.13.